The van der Waals surface area contributed by atoms with Gasteiger partial charge >= 0.3 is 0 Å². The second kappa shape index (κ2) is 8.23. The van der Waals surface area contributed by atoms with Gasteiger partial charge in [0.15, 0.2) is 0 Å². The Morgan fingerprint density at radius 1 is 0.541 bits per heavy atom. The molecule has 0 N–H and O–H groups in total. The second-order valence-corrected chi connectivity index (χ2v) is 9.38. The Labute approximate surface area is 214 Å². The predicted octanol–water partition coefficient (Wildman–Crippen LogP) is 6.89. The molecule has 0 saturated heterocycles. The molecule has 0 saturated carbocycles. The Hall–Kier alpha value is -4.58. The number of hydrogen-bond donors (Lipinski definition) is 0. The molecule has 37 heavy (non-hydrogen) atoms. The van der Waals surface area contributed by atoms with E-state index in [0.717, 1.165) is 63.5 Å². The highest BCUT2D eigenvalue weighted by Gasteiger charge is 2.22. The molecule has 0 bridgehead atoms. The lowest BCUT2D eigenvalue weighted by molar-refractivity contribution is 0.795. The van der Waals surface area contributed by atoms with E-state index in [9.17, 15) is 0 Å². The largest absolute Gasteiger partial charge is 0.292 e. The van der Waals surface area contributed by atoms with Crippen LogP contribution in [0.5, 0.6) is 0 Å². The number of para-hydroxylation sites is 2. The fraction of sp³-hybridized carbons (Fsp3) is 0.161. The van der Waals surface area contributed by atoms with E-state index in [4.69, 9.17) is 15.0 Å². The maximum Gasteiger partial charge on any atom is 0.238 e. The van der Waals surface area contributed by atoms with Crippen LogP contribution in [0.25, 0.3) is 55.4 Å². The zero-order valence-corrected chi connectivity index (χ0v) is 21.1. The Bertz CT molecular complexity index is 1960. The van der Waals surface area contributed by atoms with Crippen molar-refractivity contribution in [1.82, 2.24) is 29.1 Å². The van der Waals surface area contributed by atoms with Gasteiger partial charge in [-0.15, -0.1) is 0 Å². The monoisotopic (exact) mass is 482 g/mol. The SMILES string of the molecule is CCc1nc(CC)nc(-n2c3ccccc3c3ccc4c5ccccc5n(-c5cccc(C)n5)c4c32)n1. The van der Waals surface area contributed by atoms with Crippen molar-refractivity contribution in [2.75, 3.05) is 0 Å². The van der Waals surface area contributed by atoms with E-state index < -0.39 is 0 Å². The van der Waals surface area contributed by atoms with Gasteiger partial charge in [0.05, 0.1) is 22.1 Å². The minimum atomic E-state index is 0.663. The van der Waals surface area contributed by atoms with Crippen molar-refractivity contribution in [2.45, 2.75) is 33.6 Å². The fourth-order valence-electron chi connectivity index (χ4n) is 5.47. The number of fused-ring (bicyclic) bond motifs is 7. The quantitative estimate of drug-likeness (QED) is 0.274. The molecule has 0 spiro atoms. The molecule has 4 aromatic heterocycles. The van der Waals surface area contributed by atoms with Crippen molar-refractivity contribution in [3.05, 3.63) is 96.2 Å². The van der Waals surface area contributed by atoms with Crippen LogP contribution in [0.2, 0.25) is 0 Å². The van der Waals surface area contributed by atoms with Gasteiger partial charge in [-0.2, -0.15) is 9.97 Å². The average Bonchev–Trinajstić information content (AvgIpc) is 3.46. The first-order valence-corrected chi connectivity index (χ1v) is 12.8. The Morgan fingerprint density at radius 3 is 1.70 bits per heavy atom. The smallest absolute Gasteiger partial charge is 0.238 e. The molecule has 0 amide bonds. The molecule has 7 rings (SSSR count). The van der Waals surface area contributed by atoms with Gasteiger partial charge in [-0.1, -0.05) is 68.4 Å². The van der Waals surface area contributed by atoms with Crippen LogP contribution in [0, 0.1) is 6.92 Å². The molecule has 0 aliphatic heterocycles. The molecule has 0 unspecified atom stereocenters. The summed E-state index contributed by atoms with van der Waals surface area (Å²) in [5.74, 6) is 3.17. The Morgan fingerprint density at radius 2 is 1.11 bits per heavy atom. The molecule has 0 radical (unpaired) electrons. The first kappa shape index (κ1) is 21.7. The molecular weight excluding hydrogens is 456 g/mol. The van der Waals surface area contributed by atoms with Gasteiger partial charge in [-0.05, 0) is 31.2 Å². The Kier molecular flexibility index (Phi) is 4.83. The van der Waals surface area contributed by atoms with Crippen LogP contribution in [0.1, 0.15) is 31.2 Å². The standard InChI is InChI=1S/C31H26N6/c1-4-26-33-27(5-2)35-31(34-26)37-25-15-9-7-13-21(25)23-18-17-22-20-12-6-8-14-24(20)36(29(22)30(23)37)28-16-10-11-19(3)32-28/h6-18H,4-5H2,1-3H3. The van der Waals surface area contributed by atoms with Gasteiger partial charge in [0.1, 0.15) is 17.5 Å². The van der Waals surface area contributed by atoms with Crippen LogP contribution in [0.4, 0.5) is 0 Å². The molecule has 0 atom stereocenters. The number of nitrogens with zero attached hydrogens (tertiary/aromatic N) is 6. The first-order valence-electron chi connectivity index (χ1n) is 12.8. The third-order valence-corrected chi connectivity index (χ3v) is 7.12. The van der Waals surface area contributed by atoms with Crippen molar-refractivity contribution in [3.8, 4) is 11.8 Å². The summed E-state index contributed by atoms with van der Waals surface area (Å²) in [6.07, 6.45) is 1.51. The number of pyridine rings is 1. The highest BCUT2D eigenvalue weighted by molar-refractivity contribution is 6.23. The highest BCUT2D eigenvalue weighted by atomic mass is 15.2. The van der Waals surface area contributed by atoms with Crippen LogP contribution in [-0.4, -0.2) is 29.1 Å². The molecule has 0 aliphatic rings. The van der Waals surface area contributed by atoms with Crippen LogP contribution >= 0.6 is 0 Å². The lowest BCUT2D eigenvalue weighted by Gasteiger charge is -2.12. The van der Waals surface area contributed by atoms with E-state index in [1.54, 1.807) is 0 Å². The summed E-state index contributed by atoms with van der Waals surface area (Å²) in [7, 11) is 0. The summed E-state index contributed by atoms with van der Waals surface area (Å²) < 4.78 is 4.51. The number of benzene rings is 3. The maximum absolute atomic E-state index is 4.95. The lowest BCUT2D eigenvalue weighted by atomic mass is 10.1. The van der Waals surface area contributed by atoms with E-state index in [-0.39, 0.29) is 0 Å². The molecule has 4 heterocycles. The molecule has 180 valence electrons. The molecular formula is C31H26N6. The predicted molar refractivity (Wildman–Crippen MR) is 150 cm³/mol. The average molecular weight is 483 g/mol. The van der Waals surface area contributed by atoms with Crippen molar-refractivity contribution in [2.24, 2.45) is 0 Å². The summed E-state index contributed by atoms with van der Waals surface area (Å²) in [4.78, 5) is 19.5. The van der Waals surface area contributed by atoms with Crippen LogP contribution in [-0.2, 0) is 12.8 Å². The summed E-state index contributed by atoms with van der Waals surface area (Å²) in [5.41, 5.74) is 5.36. The van der Waals surface area contributed by atoms with Crippen LogP contribution in [0.3, 0.4) is 0 Å². The minimum Gasteiger partial charge on any atom is -0.292 e. The van der Waals surface area contributed by atoms with Gasteiger partial charge in [0.2, 0.25) is 5.95 Å². The van der Waals surface area contributed by atoms with Crippen LogP contribution < -0.4 is 0 Å². The van der Waals surface area contributed by atoms with Crippen molar-refractivity contribution >= 4 is 43.6 Å². The van der Waals surface area contributed by atoms with E-state index >= 15 is 0 Å². The van der Waals surface area contributed by atoms with E-state index in [1.165, 1.54) is 16.2 Å². The zero-order valence-electron chi connectivity index (χ0n) is 21.1. The molecule has 6 heteroatoms. The topological polar surface area (TPSA) is 61.4 Å². The van der Waals surface area contributed by atoms with Gasteiger partial charge in [0.25, 0.3) is 0 Å². The molecule has 0 fully saturated rings. The summed E-state index contributed by atoms with van der Waals surface area (Å²) in [6, 6.07) is 27.7. The maximum atomic E-state index is 4.95. The number of rotatable bonds is 4. The van der Waals surface area contributed by atoms with Gasteiger partial charge in [-0.25, -0.2) is 9.97 Å². The van der Waals surface area contributed by atoms with Gasteiger partial charge in [0, 0.05) is 40.1 Å². The number of aryl methyl sites for hydroxylation is 3. The molecule has 3 aromatic carbocycles. The molecule has 7 aromatic rings. The van der Waals surface area contributed by atoms with E-state index in [2.05, 4.69) is 101 Å². The normalized spacial score (nSPS) is 11.9. The van der Waals surface area contributed by atoms with Crippen LogP contribution in [0.15, 0.2) is 78.9 Å². The summed E-state index contributed by atoms with van der Waals surface area (Å²) >= 11 is 0. The number of hydrogen-bond acceptors (Lipinski definition) is 4. The van der Waals surface area contributed by atoms with Crippen molar-refractivity contribution in [3.63, 3.8) is 0 Å². The molecule has 6 nitrogen and oxygen atoms in total. The van der Waals surface area contributed by atoms with E-state index in [0.29, 0.717) is 5.95 Å². The number of aromatic nitrogens is 6. The summed E-state index contributed by atoms with van der Waals surface area (Å²) in [6.45, 7) is 6.21. The fourth-order valence-corrected chi connectivity index (χ4v) is 5.47. The van der Waals surface area contributed by atoms with E-state index in [1.807, 2.05) is 13.0 Å². The third kappa shape index (κ3) is 3.18. The molecule has 0 aliphatic carbocycles. The third-order valence-electron chi connectivity index (χ3n) is 7.12. The minimum absolute atomic E-state index is 0.663. The van der Waals surface area contributed by atoms with Gasteiger partial charge in [-0.3, -0.25) is 9.13 Å². The zero-order chi connectivity index (χ0) is 25.1. The highest BCUT2D eigenvalue weighted by Crippen LogP contribution is 2.40. The second-order valence-electron chi connectivity index (χ2n) is 9.38. The van der Waals surface area contributed by atoms with Gasteiger partial charge < -0.3 is 0 Å². The van der Waals surface area contributed by atoms with Crippen molar-refractivity contribution in [1.29, 1.82) is 0 Å². The summed E-state index contributed by atoms with van der Waals surface area (Å²) in [5, 5.41) is 4.70. The van der Waals surface area contributed by atoms with Crippen molar-refractivity contribution < 1.29 is 0 Å². The Balaban J connectivity index is 1.75. The first-order chi connectivity index (χ1) is 18.2. The lowest BCUT2D eigenvalue weighted by Crippen LogP contribution is -2.09.